The molecule has 0 radical (unpaired) electrons. The average molecular weight is 367 g/mol. The highest BCUT2D eigenvalue weighted by Gasteiger charge is 2.01. The molecular formula is C11H13Br2NOS. The van der Waals surface area contributed by atoms with Gasteiger partial charge in [-0.1, -0.05) is 28.1 Å². The van der Waals surface area contributed by atoms with Gasteiger partial charge in [0, 0.05) is 4.47 Å². The van der Waals surface area contributed by atoms with Gasteiger partial charge in [-0.2, -0.15) is 0 Å². The van der Waals surface area contributed by atoms with Gasteiger partial charge >= 0.3 is 0 Å². The lowest BCUT2D eigenvalue weighted by Gasteiger charge is -2.08. The molecule has 0 heterocycles. The van der Waals surface area contributed by atoms with E-state index >= 15 is 0 Å². The summed E-state index contributed by atoms with van der Waals surface area (Å²) in [7, 11) is 0. The Bertz CT molecular complexity index is 371. The monoisotopic (exact) mass is 365 g/mol. The van der Waals surface area contributed by atoms with Gasteiger partial charge in [0.25, 0.3) is 0 Å². The molecule has 0 saturated carbocycles. The minimum atomic E-state index is 0.574. The number of halogens is 2. The molecule has 0 bridgehead atoms. The summed E-state index contributed by atoms with van der Waals surface area (Å²) in [4.78, 5) is 0.574. The Labute approximate surface area is 118 Å². The molecule has 0 amide bonds. The van der Waals surface area contributed by atoms with Crippen molar-refractivity contribution in [1.82, 2.24) is 0 Å². The van der Waals surface area contributed by atoms with Crippen LogP contribution >= 0.6 is 44.1 Å². The van der Waals surface area contributed by atoms with Gasteiger partial charge in [0.2, 0.25) is 0 Å². The van der Waals surface area contributed by atoms with Crippen molar-refractivity contribution in [2.24, 2.45) is 5.73 Å². The molecule has 0 aliphatic heterocycles. The van der Waals surface area contributed by atoms with Crippen LogP contribution in [0, 0.1) is 0 Å². The van der Waals surface area contributed by atoms with Crippen molar-refractivity contribution in [3.8, 4) is 5.75 Å². The van der Waals surface area contributed by atoms with Gasteiger partial charge in [-0.3, -0.25) is 0 Å². The molecule has 0 spiro atoms. The molecule has 1 rings (SSSR count). The van der Waals surface area contributed by atoms with Gasteiger partial charge in [0.15, 0.2) is 0 Å². The van der Waals surface area contributed by atoms with Crippen molar-refractivity contribution < 1.29 is 4.74 Å². The van der Waals surface area contributed by atoms with Gasteiger partial charge in [-0.05, 0) is 53.4 Å². The van der Waals surface area contributed by atoms with Crippen LogP contribution in [0.1, 0.15) is 19.3 Å². The fraction of sp³-hybridized carbons (Fsp3) is 0.364. The molecule has 1 aromatic carbocycles. The Hall–Kier alpha value is -0.130. The quantitative estimate of drug-likeness (QED) is 0.609. The Morgan fingerprint density at radius 3 is 2.69 bits per heavy atom. The first-order chi connectivity index (χ1) is 7.59. The summed E-state index contributed by atoms with van der Waals surface area (Å²) in [6, 6.07) is 5.85. The number of hydrogen-bond donors (Lipinski definition) is 1. The molecule has 0 aliphatic carbocycles. The first kappa shape index (κ1) is 13.9. The van der Waals surface area contributed by atoms with Crippen molar-refractivity contribution >= 4 is 49.1 Å². The number of thiocarbonyl (C=S) groups is 1. The van der Waals surface area contributed by atoms with E-state index in [9.17, 15) is 0 Å². The second-order valence-electron chi connectivity index (χ2n) is 3.35. The topological polar surface area (TPSA) is 35.2 Å². The number of nitrogens with two attached hydrogens (primary N) is 1. The summed E-state index contributed by atoms with van der Waals surface area (Å²) in [6.45, 7) is 0.683. The van der Waals surface area contributed by atoms with E-state index < -0.39 is 0 Å². The molecule has 0 saturated heterocycles. The van der Waals surface area contributed by atoms with Crippen LogP contribution in [0.3, 0.4) is 0 Å². The fourth-order valence-electron chi connectivity index (χ4n) is 1.18. The molecule has 0 unspecified atom stereocenters. The van der Waals surface area contributed by atoms with Gasteiger partial charge < -0.3 is 10.5 Å². The summed E-state index contributed by atoms with van der Waals surface area (Å²) in [6.07, 6.45) is 2.73. The third-order valence-corrected chi connectivity index (χ3v) is 3.29. The van der Waals surface area contributed by atoms with E-state index in [0.29, 0.717) is 11.6 Å². The summed E-state index contributed by atoms with van der Waals surface area (Å²) < 4.78 is 7.60. The Morgan fingerprint density at radius 1 is 1.31 bits per heavy atom. The smallest absolute Gasteiger partial charge is 0.133 e. The lowest BCUT2D eigenvalue weighted by atomic mass is 10.2. The number of benzene rings is 1. The van der Waals surface area contributed by atoms with Crippen LogP contribution in [0.25, 0.3) is 0 Å². The molecule has 0 fully saturated rings. The van der Waals surface area contributed by atoms with Crippen LogP contribution < -0.4 is 10.5 Å². The molecule has 0 aliphatic rings. The van der Waals surface area contributed by atoms with Gasteiger partial charge in [0.1, 0.15) is 5.75 Å². The molecule has 0 aromatic heterocycles. The minimum absolute atomic E-state index is 0.574. The number of rotatable bonds is 6. The van der Waals surface area contributed by atoms with Gasteiger partial charge in [-0.25, -0.2) is 0 Å². The third-order valence-electron chi connectivity index (χ3n) is 1.97. The summed E-state index contributed by atoms with van der Waals surface area (Å²) in [5, 5.41) is 0. The predicted octanol–water partition coefficient (Wildman–Crippen LogP) is 4.05. The SMILES string of the molecule is NC(=S)CCCCOc1ccc(Br)cc1Br. The number of hydrogen-bond acceptors (Lipinski definition) is 2. The zero-order chi connectivity index (χ0) is 12.0. The van der Waals surface area contributed by atoms with E-state index in [2.05, 4.69) is 31.9 Å². The highest BCUT2D eigenvalue weighted by Crippen LogP contribution is 2.28. The minimum Gasteiger partial charge on any atom is -0.492 e. The van der Waals surface area contributed by atoms with Crippen LogP contribution in [0.2, 0.25) is 0 Å². The second kappa shape index (κ2) is 7.25. The highest BCUT2D eigenvalue weighted by molar-refractivity contribution is 9.11. The van der Waals surface area contributed by atoms with Crippen molar-refractivity contribution in [2.75, 3.05) is 6.61 Å². The predicted molar refractivity (Wildman–Crippen MR) is 78.0 cm³/mol. The summed E-state index contributed by atoms with van der Waals surface area (Å²) >= 11 is 11.6. The summed E-state index contributed by atoms with van der Waals surface area (Å²) in [5.41, 5.74) is 5.40. The standard InChI is InChI=1S/C11H13Br2NOS/c12-8-4-5-10(9(13)7-8)15-6-2-1-3-11(14)16/h4-5,7H,1-3,6H2,(H2,14,16). The Kier molecular flexibility index (Phi) is 6.31. The van der Waals surface area contributed by atoms with E-state index in [4.69, 9.17) is 22.7 Å². The first-order valence-corrected chi connectivity index (χ1v) is 6.95. The van der Waals surface area contributed by atoms with E-state index in [1.165, 1.54) is 0 Å². The van der Waals surface area contributed by atoms with Crippen LogP contribution in [0.4, 0.5) is 0 Å². The molecule has 16 heavy (non-hydrogen) atoms. The Morgan fingerprint density at radius 2 is 2.06 bits per heavy atom. The van der Waals surface area contributed by atoms with E-state index in [0.717, 1.165) is 34.0 Å². The first-order valence-electron chi connectivity index (χ1n) is 4.96. The fourth-order valence-corrected chi connectivity index (χ4v) is 2.48. The van der Waals surface area contributed by atoms with E-state index in [1.807, 2.05) is 18.2 Å². The molecule has 2 nitrogen and oxygen atoms in total. The van der Waals surface area contributed by atoms with Crippen LogP contribution in [0.15, 0.2) is 27.1 Å². The molecular weight excluding hydrogens is 354 g/mol. The van der Waals surface area contributed by atoms with Gasteiger partial charge in [0.05, 0.1) is 16.1 Å². The maximum atomic E-state index is 5.62. The largest absolute Gasteiger partial charge is 0.492 e. The van der Waals surface area contributed by atoms with E-state index in [-0.39, 0.29) is 0 Å². The second-order valence-corrected chi connectivity index (χ2v) is 5.64. The van der Waals surface area contributed by atoms with Gasteiger partial charge in [-0.15, -0.1) is 0 Å². The highest BCUT2D eigenvalue weighted by atomic mass is 79.9. The lowest BCUT2D eigenvalue weighted by molar-refractivity contribution is 0.306. The van der Waals surface area contributed by atoms with Crippen LogP contribution in [0.5, 0.6) is 5.75 Å². The molecule has 5 heteroatoms. The number of ether oxygens (including phenoxy) is 1. The van der Waals surface area contributed by atoms with Crippen LogP contribution in [-0.2, 0) is 0 Å². The summed E-state index contributed by atoms with van der Waals surface area (Å²) in [5.74, 6) is 0.860. The maximum Gasteiger partial charge on any atom is 0.133 e. The average Bonchev–Trinajstić information content (AvgIpc) is 2.20. The molecule has 1 aromatic rings. The molecule has 2 N–H and O–H groups in total. The zero-order valence-electron chi connectivity index (χ0n) is 8.71. The maximum absolute atomic E-state index is 5.62. The van der Waals surface area contributed by atoms with E-state index in [1.54, 1.807) is 0 Å². The van der Waals surface area contributed by atoms with Crippen molar-refractivity contribution in [3.05, 3.63) is 27.1 Å². The lowest BCUT2D eigenvalue weighted by Crippen LogP contribution is -2.08. The normalized spacial score (nSPS) is 10.1. The molecule has 88 valence electrons. The van der Waals surface area contributed by atoms with Crippen molar-refractivity contribution in [1.29, 1.82) is 0 Å². The Balaban J connectivity index is 2.29. The number of unbranched alkanes of at least 4 members (excludes halogenated alkanes) is 1. The third kappa shape index (κ3) is 5.27. The molecule has 0 atom stereocenters. The van der Waals surface area contributed by atoms with Crippen molar-refractivity contribution in [3.63, 3.8) is 0 Å². The zero-order valence-corrected chi connectivity index (χ0v) is 12.7. The van der Waals surface area contributed by atoms with Crippen LogP contribution in [-0.4, -0.2) is 11.6 Å². The van der Waals surface area contributed by atoms with Crippen molar-refractivity contribution in [2.45, 2.75) is 19.3 Å².